The van der Waals surface area contributed by atoms with Crippen LogP contribution in [-0.4, -0.2) is 55.5 Å². The summed E-state index contributed by atoms with van der Waals surface area (Å²) in [6.45, 7) is 3.44. The van der Waals surface area contributed by atoms with Crippen LogP contribution in [0.15, 0.2) is 0 Å². The SMILES string of the molecule is CN(C)C1CN(CCCl)C1. The molecule has 0 unspecified atom stereocenters. The van der Waals surface area contributed by atoms with Gasteiger partial charge in [0.25, 0.3) is 0 Å². The Balaban J connectivity index is 2.06. The minimum Gasteiger partial charge on any atom is -0.304 e. The second-order valence-electron chi connectivity index (χ2n) is 3.07. The number of alkyl halides is 1. The van der Waals surface area contributed by atoms with Crippen LogP contribution < -0.4 is 0 Å². The number of likely N-dealkylation sites (tertiary alicyclic amines) is 1. The minimum absolute atomic E-state index is 0.764. The van der Waals surface area contributed by atoms with Gasteiger partial charge in [-0.2, -0.15) is 0 Å². The van der Waals surface area contributed by atoms with Crippen molar-refractivity contribution in [1.29, 1.82) is 0 Å². The zero-order valence-corrected chi connectivity index (χ0v) is 7.43. The fraction of sp³-hybridized carbons (Fsp3) is 1.00. The first-order valence-corrected chi connectivity index (χ1v) is 4.22. The van der Waals surface area contributed by atoms with Crippen molar-refractivity contribution in [3.63, 3.8) is 0 Å². The first kappa shape index (κ1) is 8.31. The molecule has 1 saturated heterocycles. The zero-order chi connectivity index (χ0) is 7.56. The largest absolute Gasteiger partial charge is 0.304 e. The molecule has 1 aliphatic rings. The third-order valence-electron chi connectivity index (χ3n) is 2.07. The first-order valence-electron chi connectivity index (χ1n) is 3.69. The highest BCUT2D eigenvalue weighted by atomic mass is 35.5. The summed E-state index contributed by atoms with van der Waals surface area (Å²) in [7, 11) is 4.26. The number of rotatable bonds is 3. The quantitative estimate of drug-likeness (QED) is 0.557. The Kier molecular flexibility index (Phi) is 2.96. The van der Waals surface area contributed by atoms with Crippen LogP contribution in [0.25, 0.3) is 0 Å². The van der Waals surface area contributed by atoms with Gasteiger partial charge < -0.3 is 4.90 Å². The maximum absolute atomic E-state index is 5.58. The van der Waals surface area contributed by atoms with E-state index in [2.05, 4.69) is 23.9 Å². The summed E-state index contributed by atoms with van der Waals surface area (Å²) in [6, 6.07) is 0.767. The highest BCUT2D eigenvalue weighted by molar-refractivity contribution is 6.18. The molecule has 0 radical (unpaired) electrons. The third-order valence-corrected chi connectivity index (χ3v) is 2.24. The topological polar surface area (TPSA) is 6.48 Å². The van der Waals surface area contributed by atoms with Gasteiger partial charge in [0.2, 0.25) is 0 Å². The molecule has 3 heteroatoms. The van der Waals surface area contributed by atoms with Crippen molar-refractivity contribution in [3.05, 3.63) is 0 Å². The molecular formula is C7H15ClN2. The zero-order valence-electron chi connectivity index (χ0n) is 6.68. The normalized spacial score (nSPS) is 21.6. The maximum atomic E-state index is 5.58. The predicted octanol–water partition coefficient (Wildman–Crippen LogP) is 0.471. The van der Waals surface area contributed by atoms with Gasteiger partial charge in [-0.25, -0.2) is 0 Å². The van der Waals surface area contributed by atoms with Crippen LogP contribution in [-0.2, 0) is 0 Å². The summed E-state index contributed by atoms with van der Waals surface area (Å²) < 4.78 is 0. The van der Waals surface area contributed by atoms with E-state index in [1.165, 1.54) is 13.1 Å². The van der Waals surface area contributed by atoms with Crippen molar-refractivity contribution < 1.29 is 0 Å². The van der Waals surface area contributed by atoms with E-state index in [4.69, 9.17) is 11.6 Å². The molecule has 0 spiro atoms. The fourth-order valence-corrected chi connectivity index (χ4v) is 1.41. The van der Waals surface area contributed by atoms with Crippen LogP contribution >= 0.6 is 11.6 Å². The maximum Gasteiger partial charge on any atom is 0.0351 e. The first-order chi connectivity index (χ1) is 4.74. The Labute approximate surface area is 67.7 Å². The van der Waals surface area contributed by atoms with E-state index in [-0.39, 0.29) is 0 Å². The molecular weight excluding hydrogens is 148 g/mol. The van der Waals surface area contributed by atoms with Crippen LogP contribution in [0.2, 0.25) is 0 Å². The summed E-state index contributed by atoms with van der Waals surface area (Å²) in [4.78, 5) is 4.64. The van der Waals surface area contributed by atoms with E-state index in [1.54, 1.807) is 0 Å². The van der Waals surface area contributed by atoms with Gasteiger partial charge in [-0.1, -0.05) is 0 Å². The number of halogens is 1. The smallest absolute Gasteiger partial charge is 0.0351 e. The Morgan fingerprint density at radius 2 is 2.10 bits per heavy atom. The van der Waals surface area contributed by atoms with Gasteiger partial charge in [-0.3, -0.25) is 4.90 Å². The average molecular weight is 163 g/mol. The van der Waals surface area contributed by atoms with E-state index < -0.39 is 0 Å². The van der Waals surface area contributed by atoms with Crippen molar-refractivity contribution in [2.45, 2.75) is 6.04 Å². The van der Waals surface area contributed by atoms with Crippen molar-refractivity contribution in [3.8, 4) is 0 Å². The lowest BCUT2D eigenvalue weighted by molar-refractivity contribution is 0.0695. The van der Waals surface area contributed by atoms with Crippen molar-refractivity contribution in [2.24, 2.45) is 0 Å². The average Bonchev–Trinajstić information content (AvgIpc) is 1.76. The molecule has 0 amide bonds. The van der Waals surface area contributed by atoms with Gasteiger partial charge in [0, 0.05) is 31.6 Å². The monoisotopic (exact) mass is 162 g/mol. The number of nitrogens with zero attached hydrogens (tertiary/aromatic N) is 2. The third kappa shape index (κ3) is 1.84. The highest BCUT2D eigenvalue weighted by Gasteiger charge is 2.26. The molecule has 2 nitrogen and oxygen atoms in total. The van der Waals surface area contributed by atoms with Crippen molar-refractivity contribution in [2.75, 3.05) is 39.6 Å². The van der Waals surface area contributed by atoms with Crippen LogP contribution in [0.3, 0.4) is 0 Å². The molecule has 1 heterocycles. The molecule has 1 aliphatic heterocycles. The number of likely N-dealkylation sites (N-methyl/N-ethyl adjacent to an activating group) is 1. The molecule has 10 heavy (non-hydrogen) atoms. The van der Waals surface area contributed by atoms with Gasteiger partial charge >= 0.3 is 0 Å². The molecule has 0 aromatic rings. The second-order valence-corrected chi connectivity index (χ2v) is 3.44. The lowest BCUT2D eigenvalue weighted by Crippen LogP contribution is -2.57. The summed E-state index contributed by atoms with van der Waals surface area (Å²) in [5, 5.41) is 0. The summed E-state index contributed by atoms with van der Waals surface area (Å²) in [6.07, 6.45) is 0. The molecule has 1 fully saturated rings. The van der Waals surface area contributed by atoms with E-state index >= 15 is 0 Å². The van der Waals surface area contributed by atoms with Gasteiger partial charge in [0.15, 0.2) is 0 Å². The van der Waals surface area contributed by atoms with Crippen LogP contribution in [0.5, 0.6) is 0 Å². The van der Waals surface area contributed by atoms with Gasteiger partial charge in [0.05, 0.1) is 0 Å². The summed E-state index contributed by atoms with van der Waals surface area (Å²) in [5.41, 5.74) is 0. The van der Waals surface area contributed by atoms with Crippen molar-refractivity contribution in [1.82, 2.24) is 9.80 Å². The lowest BCUT2D eigenvalue weighted by Gasteiger charge is -2.42. The molecule has 0 N–H and O–H groups in total. The molecule has 0 aromatic heterocycles. The van der Waals surface area contributed by atoms with E-state index in [0.717, 1.165) is 18.5 Å². The van der Waals surface area contributed by atoms with E-state index in [1.807, 2.05) is 0 Å². The van der Waals surface area contributed by atoms with E-state index in [0.29, 0.717) is 0 Å². The number of hydrogen-bond acceptors (Lipinski definition) is 2. The number of hydrogen-bond donors (Lipinski definition) is 0. The molecule has 0 saturated carbocycles. The lowest BCUT2D eigenvalue weighted by atomic mass is 10.1. The van der Waals surface area contributed by atoms with Crippen LogP contribution in [0, 0.1) is 0 Å². The molecule has 1 rings (SSSR count). The van der Waals surface area contributed by atoms with E-state index in [9.17, 15) is 0 Å². The Hall–Kier alpha value is 0.210. The summed E-state index contributed by atoms with van der Waals surface area (Å²) >= 11 is 5.58. The molecule has 0 bridgehead atoms. The molecule has 0 aromatic carbocycles. The minimum atomic E-state index is 0.764. The fourth-order valence-electron chi connectivity index (χ4n) is 1.17. The van der Waals surface area contributed by atoms with Gasteiger partial charge in [-0.15, -0.1) is 11.6 Å². The van der Waals surface area contributed by atoms with Crippen LogP contribution in [0.1, 0.15) is 0 Å². The predicted molar refractivity (Wildman–Crippen MR) is 44.6 cm³/mol. The van der Waals surface area contributed by atoms with Gasteiger partial charge in [0.1, 0.15) is 0 Å². The van der Waals surface area contributed by atoms with Crippen molar-refractivity contribution >= 4 is 11.6 Å². The molecule has 0 aliphatic carbocycles. The molecule has 60 valence electrons. The van der Waals surface area contributed by atoms with Gasteiger partial charge in [-0.05, 0) is 14.1 Å². The Bertz CT molecular complexity index is 99.8. The Morgan fingerprint density at radius 1 is 1.50 bits per heavy atom. The highest BCUT2D eigenvalue weighted by Crippen LogP contribution is 2.10. The van der Waals surface area contributed by atoms with Crippen LogP contribution in [0.4, 0.5) is 0 Å². The summed E-state index contributed by atoms with van der Waals surface area (Å²) in [5.74, 6) is 0.764. The second kappa shape index (κ2) is 3.56. The Morgan fingerprint density at radius 3 is 2.50 bits per heavy atom. The standard InChI is InChI=1S/C7H15ClN2/c1-9(2)7-5-10(6-7)4-3-8/h7H,3-6H2,1-2H3. The molecule has 0 atom stereocenters.